The topological polar surface area (TPSA) is 105 Å². The minimum Gasteiger partial charge on any atom is -0.495 e. The molecular weight excluding hydrogens is 428 g/mol. The van der Waals surface area contributed by atoms with Crippen molar-refractivity contribution in [2.24, 2.45) is 0 Å². The molecule has 0 amide bonds. The zero-order chi connectivity index (χ0) is 23.3. The maximum absolute atomic E-state index is 12.6. The van der Waals surface area contributed by atoms with Gasteiger partial charge < -0.3 is 9.47 Å². The van der Waals surface area contributed by atoms with Gasteiger partial charge in [0, 0.05) is 6.04 Å². The smallest absolute Gasteiger partial charge is 0.343 e. The largest absolute Gasteiger partial charge is 0.495 e. The van der Waals surface area contributed by atoms with Crippen LogP contribution in [0.5, 0.6) is 11.5 Å². The highest BCUT2D eigenvalue weighted by Gasteiger charge is 2.23. The summed E-state index contributed by atoms with van der Waals surface area (Å²) in [5.41, 5.74) is 2.46. The summed E-state index contributed by atoms with van der Waals surface area (Å²) in [5, 5.41) is 8.90. The first kappa shape index (κ1) is 23.0. The number of rotatable bonds is 7. The van der Waals surface area contributed by atoms with Crippen LogP contribution in [-0.4, -0.2) is 27.5 Å². The quantitative estimate of drug-likeness (QED) is 0.428. The van der Waals surface area contributed by atoms with E-state index in [1.165, 1.54) is 25.3 Å². The molecule has 0 saturated carbocycles. The van der Waals surface area contributed by atoms with E-state index in [1.54, 1.807) is 50.2 Å². The van der Waals surface area contributed by atoms with Gasteiger partial charge in [0.15, 0.2) is 0 Å². The summed E-state index contributed by atoms with van der Waals surface area (Å²) < 4.78 is 38.3. The predicted octanol–water partition coefficient (Wildman–Crippen LogP) is 4.14. The van der Waals surface area contributed by atoms with Crippen LogP contribution in [0.25, 0.3) is 11.1 Å². The average molecular weight is 451 g/mol. The molecule has 0 aliphatic carbocycles. The van der Waals surface area contributed by atoms with E-state index in [1.807, 2.05) is 12.1 Å². The summed E-state index contributed by atoms with van der Waals surface area (Å²) in [5.74, 6) is -0.255. The summed E-state index contributed by atoms with van der Waals surface area (Å²) in [7, 11) is -2.52. The van der Waals surface area contributed by atoms with E-state index < -0.39 is 16.0 Å². The van der Waals surface area contributed by atoms with E-state index >= 15 is 0 Å². The molecule has 0 unspecified atom stereocenters. The fourth-order valence-electron chi connectivity index (χ4n) is 3.01. The number of nitrogens with zero attached hydrogens (tertiary/aromatic N) is 1. The molecule has 0 fully saturated rings. The van der Waals surface area contributed by atoms with Crippen LogP contribution >= 0.6 is 0 Å². The van der Waals surface area contributed by atoms with Gasteiger partial charge in [-0.05, 0) is 67.4 Å². The van der Waals surface area contributed by atoms with Crippen LogP contribution in [0.4, 0.5) is 0 Å². The fourth-order valence-corrected chi connectivity index (χ4v) is 4.45. The van der Waals surface area contributed by atoms with Gasteiger partial charge in [-0.1, -0.05) is 24.3 Å². The van der Waals surface area contributed by atoms with Crippen molar-refractivity contribution in [2.75, 3.05) is 7.11 Å². The first-order valence-electron chi connectivity index (χ1n) is 9.76. The summed E-state index contributed by atoms with van der Waals surface area (Å²) in [6.45, 7) is 3.40. The van der Waals surface area contributed by atoms with Crippen LogP contribution in [0.15, 0.2) is 71.6 Å². The Morgan fingerprint density at radius 2 is 1.56 bits per heavy atom. The SMILES string of the molecule is COc1ccc(C(=O)Oc2ccc(-c3ccc(C#N)cc3)cc2)cc1S(=O)(=O)NC(C)C. The maximum atomic E-state index is 12.6. The van der Waals surface area contributed by atoms with Crippen molar-refractivity contribution < 1.29 is 22.7 Å². The Hall–Kier alpha value is -3.67. The molecule has 0 radical (unpaired) electrons. The maximum Gasteiger partial charge on any atom is 0.343 e. The molecule has 164 valence electrons. The summed E-state index contributed by atoms with van der Waals surface area (Å²) in [6.07, 6.45) is 0. The molecule has 0 heterocycles. The Balaban J connectivity index is 1.81. The van der Waals surface area contributed by atoms with Gasteiger partial charge in [0.25, 0.3) is 0 Å². The van der Waals surface area contributed by atoms with E-state index in [-0.39, 0.29) is 22.3 Å². The minimum absolute atomic E-state index is 0.0751. The Morgan fingerprint density at radius 1 is 0.969 bits per heavy atom. The minimum atomic E-state index is -3.88. The Labute approximate surface area is 187 Å². The van der Waals surface area contributed by atoms with Crippen molar-refractivity contribution in [3.05, 3.63) is 77.9 Å². The van der Waals surface area contributed by atoms with Crippen molar-refractivity contribution >= 4 is 16.0 Å². The highest BCUT2D eigenvalue weighted by atomic mass is 32.2. The molecule has 0 bridgehead atoms. The Morgan fingerprint density at radius 3 is 2.09 bits per heavy atom. The molecule has 32 heavy (non-hydrogen) atoms. The fraction of sp³-hybridized carbons (Fsp3) is 0.167. The monoisotopic (exact) mass is 450 g/mol. The van der Waals surface area contributed by atoms with Gasteiger partial charge in [0.05, 0.1) is 24.3 Å². The highest BCUT2D eigenvalue weighted by Crippen LogP contribution is 2.27. The number of esters is 1. The lowest BCUT2D eigenvalue weighted by atomic mass is 10.0. The molecule has 0 atom stereocenters. The lowest BCUT2D eigenvalue weighted by Crippen LogP contribution is -2.30. The third-order valence-corrected chi connectivity index (χ3v) is 6.17. The molecule has 0 aliphatic rings. The van der Waals surface area contributed by atoms with Crippen molar-refractivity contribution in [1.29, 1.82) is 5.26 Å². The lowest BCUT2D eigenvalue weighted by molar-refractivity contribution is 0.0734. The van der Waals surface area contributed by atoms with Crippen molar-refractivity contribution in [1.82, 2.24) is 4.72 Å². The van der Waals surface area contributed by atoms with Crippen LogP contribution in [0.3, 0.4) is 0 Å². The first-order valence-corrected chi connectivity index (χ1v) is 11.2. The molecule has 8 heteroatoms. The molecule has 3 rings (SSSR count). The van der Waals surface area contributed by atoms with E-state index in [2.05, 4.69) is 10.8 Å². The molecule has 0 spiro atoms. The number of sulfonamides is 1. The van der Waals surface area contributed by atoms with Crippen LogP contribution < -0.4 is 14.2 Å². The standard InChI is InChI=1S/C24H22N2O5S/c1-16(2)26-32(28,29)23-14-20(10-13-22(23)30-3)24(27)31-21-11-8-19(9-12-21)18-6-4-17(15-25)5-7-18/h4-14,16,26H,1-3H3. The second-order valence-electron chi connectivity index (χ2n) is 7.24. The van der Waals surface area contributed by atoms with Gasteiger partial charge in [-0.25, -0.2) is 17.9 Å². The second-order valence-corrected chi connectivity index (χ2v) is 8.93. The second kappa shape index (κ2) is 9.64. The number of nitriles is 1. The van der Waals surface area contributed by atoms with Crippen LogP contribution in [0, 0.1) is 11.3 Å². The molecule has 3 aromatic rings. The normalized spacial score (nSPS) is 11.1. The Bertz CT molecular complexity index is 1260. The lowest BCUT2D eigenvalue weighted by Gasteiger charge is -2.14. The van der Waals surface area contributed by atoms with Crippen molar-refractivity contribution in [3.63, 3.8) is 0 Å². The summed E-state index contributed by atoms with van der Waals surface area (Å²) in [6, 6.07) is 19.9. The predicted molar refractivity (Wildman–Crippen MR) is 120 cm³/mol. The number of hydrogen-bond acceptors (Lipinski definition) is 6. The number of methoxy groups -OCH3 is 1. The summed E-state index contributed by atoms with van der Waals surface area (Å²) in [4.78, 5) is 12.5. The summed E-state index contributed by atoms with van der Waals surface area (Å²) >= 11 is 0. The van der Waals surface area contributed by atoms with Crippen LogP contribution in [0.2, 0.25) is 0 Å². The van der Waals surface area contributed by atoms with E-state index in [4.69, 9.17) is 14.7 Å². The van der Waals surface area contributed by atoms with E-state index in [0.717, 1.165) is 11.1 Å². The molecule has 0 saturated heterocycles. The zero-order valence-electron chi connectivity index (χ0n) is 17.8. The highest BCUT2D eigenvalue weighted by molar-refractivity contribution is 7.89. The van der Waals surface area contributed by atoms with Gasteiger partial charge in [-0.15, -0.1) is 0 Å². The molecule has 0 aromatic heterocycles. The first-order chi connectivity index (χ1) is 15.2. The number of carbonyl (C=O) groups is 1. The number of benzene rings is 3. The Kier molecular flexibility index (Phi) is 6.93. The van der Waals surface area contributed by atoms with Crippen LogP contribution in [-0.2, 0) is 10.0 Å². The number of nitrogens with one attached hydrogen (secondary N) is 1. The van der Waals surface area contributed by atoms with Gasteiger partial charge in [-0.3, -0.25) is 0 Å². The number of hydrogen-bond donors (Lipinski definition) is 1. The average Bonchev–Trinajstić information content (AvgIpc) is 2.78. The molecule has 1 N–H and O–H groups in total. The molecular formula is C24H22N2O5S. The van der Waals surface area contributed by atoms with Gasteiger partial charge >= 0.3 is 5.97 Å². The van der Waals surface area contributed by atoms with E-state index in [0.29, 0.717) is 11.3 Å². The van der Waals surface area contributed by atoms with Gasteiger partial charge in [0.1, 0.15) is 16.4 Å². The molecule has 3 aromatic carbocycles. The molecule has 7 nitrogen and oxygen atoms in total. The van der Waals surface area contributed by atoms with Gasteiger partial charge in [-0.2, -0.15) is 5.26 Å². The van der Waals surface area contributed by atoms with Crippen molar-refractivity contribution in [2.45, 2.75) is 24.8 Å². The third kappa shape index (κ3) is 5.32. The van der Waals surface area contributed by atoms with E-state index in [9.17, 15) is 13.2 Å². The number of carbonyl (C=O) groups excluding carboxylic acids is 1. The third-order valence-electron chi connectivity index (χ3n) is 4.49. The van der Waals surface area contributed by atoms with Crippen molar-refractivity contribution in [3.8, 4) is 28.7 Å². The van der Waals surface area contributed by atoms with Crippen LogP contribution in [0.1, 0.15) is 29.8 Å². The van der Waals surface area contributed by atoms with Gasteiger partial charge in [0.2, 0.25) is 10.0 Å². The zero-order valence-corrected chi connectivity index (χ0v) is 18.6. The number of ether oxygens (including phenoxy) is 2. The molecule has 0 aliphatic heterocycles.